The first kappa shape index (κ1) is 23.3. The molecule has 0 aliphatic heterocycles. The first-order chi connectivity index (χ1) is 14.8. The lowest BCUT2D eigenvalue weighted by atomic mass is 10.2. The standard InChI is InChI=1S/C20H19ClN4O3S3/c1-3-12-29-20-24-23-19(30-20)22-18(26)15-6-10-17(11-7-15)25(31(2,27)28)13-14-4-8-16(21)9-5-14/h3-11H,1,12-13H2,2H3,(H,22,23,26). The fraction of sp³-hybridized carbons (Fsp3) is 0.150. The van der Waals surface area contributed by atoms with Crippen LogP contribution in [0.2, 0.25) is 5.02 Å². The third-order valence-electron chi connectivity index (χ3n) is 4.01. The molecule has 31 heavy (non-hydrogen) atoms. The molecule has 0 aliphatic rings. The van der Waals surface area contributed by atoms with Crippen molar-refractivity contribution in [1.82, 2.24) is 10.2 Å². The average molecular weight is 495 g/mol. The molecule has 1 N–H and O–H groups in total. The van der Waals surface area contributed by atoms with Crippen molar-refractivity contribution in [2.24, 2.45) is 0 Å². The molecule has 1 amide bonds. The van der Waals surface area contributed by atoms with Crippen molar-refractivity contribution in [2.45, 2.75) is 10.9 Å². The maximum absolute atomic E-state index is 12.5. The lowest BCUT2D eigenvalue weighted by Crippen LogP contribution is -2.29. The number of anilines is 2. The predicted octanol–water partition coefficient (Wildman–Crippen LogP) is 4.69. The molecule has 1 aromatic heterocycles. The van der Waals surface area contributed by atoms with Crippen LogP contribution in [0.1, 0.15) is 15.9 Å². The number of sulfonamides is 1. The lowest BCUT2D eigenvalue weighted by molar-refractivity contribution is 0.102. The van der Waals surface area contributed by atoms with Gasteiger partial charge in [-0.25, -0.2) is 8.42 Å². The largest absolute Gasteiger partial charge is 0.296 e. The Hall–Kier alpha value is -2.40. The van der Waals surface area contributed by atoms with Gasteiger partial charge in [-0.1, -0.05) is 52.9 Å². The molecule has 3 rings (SSSR count). The van der Waals surface area contributed by atoms with Gasteiger partial charge in [-0.2, -0.15) is 0 Å². The number of hydrogen-bond acceptors (Lipinski definition) is 7. The van der Waals surface area contributed by atoms with Crippen molar-refractivity contribution in [3.05, 3.63) is 77.3 Å². The number of hydrogen-bond donors (Lipinski definition) is 1. The summed E-state index contributed by atoms with van der Waals surface area (Å²) in [4.78, 5) is 12.5. The van der Waals surface area contributed by atoms with Crippen LogP contribution in [-0.2, 0) is 16.6 Å². The number of amides is 1. The lowest BCUT2D eigenvalue weighted by Gasteiger charge is -2.22. The Balaban J connectivity index is 1.73. The van der Waals surface area contributed by atoms with E-state index in [0.29, 0.717) is 27.2 Å². The Morgan fingerprint density at radius 3 is 2.48 bits per heavy atom. The molecule has 0 saturated carbocycles. The molecule has 0 aliphatic carbocycles. The maximum atomic E-state index is 12.5. The summed E-state index contributed by atoms with van der Waals surface area (Å²) in [6.07, 6.45) is 2.90. The molecule has 0 atom stereocenters. The Kier molecular flexibility index (Phi) is 7.71. The van der Waals surface area contributed by atoms with Crippen LogP contribution in [-0.4, -0.2) is 36.5 Å². The van der Waals surface area contributed by atoms with Crippen molar-refractivity contribution < 1.29 is 13.2 Å². The van der Waals surface area contributed by atoms with Crippen LogP contribution in [0.15, 0.2) is 65.5 Å². The molecule has 2 aromatic carbocycles. The second-order valence-corrected chi connectivity index (χ2v) is 11.0. The zero-order valence-corrected chi connectivity index (χ0v) is 19.7. The number of thioether (sulfide) groups is 1. The van der Waals surface area contributed by atoms with Gasteiger partial charge in [-0.3, -0.25) is 14.4 Å². The minimum absolute atomic E-state index is 0.150. The topological polar surface area (TPSA) is 92.3 Å². The smallest absolute Gasteiger partial charge is 0.257 e. The zero-order valence-electron chi connectivity index (χ0n) is 16.5. The van der Waals surface area contributed by atoms with Gasteiger partial charge in [0.05, 0.1) is 18.5 Å². The molecule has 3 aromatic rings. The number of aromatic nitrogens is 2. The molecule has 1 heterocycles. The summed E-state index contributed by atoms with van der Waals surface area (Å²) in [5.74, 6) is 0.350. The number of benzene rings is 2. The van der Waals surface area contributed by atoms with Crippen LogP contribution < -0.4 is 9.62 Å². The first-order valence-corrected chi connectivity index (χ1v) is 13.0. The zero-order chi connectivity index (χ0) is 22.4. The summed E-state index contributed by atoms with van der Waals surface area (Å²) in [7, 11) is -3.54. The van der Waals surface area contributed by atoms with Crippen molar-refractivity contribution in [3.63, 3.8) is 0 Å². The van der Waals surface area contributed by atoms with Gasteiger partial charge >= 0.3 is 0 Å². The summed E-state index contributed by atoms with van der Waals surface area (Å²) in [5, 5.41) is 11.6. The number of nitrogens with one attached hydrogen (secondary N) is 1. The van der Waals surface area contributed by atoms with Gasteiger partial charge in [0.1, 0.15) is 0 Å². The van der Waals surface area contributed by atoms with Crippen LogP contribution in [0.5, 0.6) is 0 Å². The SMILES string of the molecule is C=CCSc1nnc(NC(=O)c2ccc(N(Cc3ccc(Cl)cc3)S(C)(=O)=O)cc2)s1. The highest BCUT2D eigenvalue weighted by Gasteiger charge is 2.19. The molecule has 11 heteroatoms. The summed E-state index contributed by atoms with van der Waals surface area (Å²) in [6, 6.07) is 13.3. The molecule has 0 unspecified atom stereocenters. The molecular weight excluding hydrogens is 476 g/mol. The van der Waals surface area contributed by atoms with E-state index in [-0.39, 0.29) is 12.5 Å². The number of carbonyl (C=O) groups is 1. The predicted molar refractivity (Wildman–Crippen MR) is 128 cm³/mol. The Labute approximate surface area is 194 Å². The van der Waals surface area contributed by atoms with Crippen LogP contribution >= 0.6 is 34.7 Å². The quantitative estimate of drug-likeness (QED) is 0.263. The minimum atomic E-state index is -3.54. The molecule has 162 valence electrons. The Bertz CT molecular complexity index is 1160. The van der Waals surface area contributed by atoms with E-state index < -0.39 is 10.0 Å². The number of halogens is 1. The average Bonchev–Trinajstić information content (AvgIpc) is 3.18. The highest BCUT2D eigenvalue weighted by Crippen LogP contribution is 2.26. The van der Waals surface area contributed by atoms with E-state index in [9.17, 15) is 13.2 Å². The van der Waals surface area contributed by atoms with E-state index in [1.165, 1.54) is 27.4 Å². The molecule has 0 saturated heterocycles. The molecule has 0 bridgehead atoms. The fourth-order valence-corrected chi connectivity index (χ4v) is 5.08. The van der Waals surface area contributed by atoms with E-state index in [0.717, 1.165) is 16.2 Å². The van der Waals surface area contributed by atoms with Crippen molar-refractivity contribution in [3.8, 4) is 0 Å². The summed E-state index contributed by atoms with van der Waals surface area (Å²) < 4.78 is 26.7. The van der Waals surface area contributed by atoms with Gasteiger partial charge in [-0.15, -0.1) is 16.8 Å². The van der Waals surface area contributed by atoms with Crippen LogP contribution in [0.4, 0.5) is 10.8 Å². The van der Waals surface area contributed by atoms with E-state index in [1.54, 1.807) is 54.6 Å². The third kappa shape index (κ3) is 6.54. The molecule has 0 radical (unpaired) electrons. The van der Waals surface area contributed by atoms with Crippen molar-refractivity contribution in [2.75, 3.05) is 21.6 Å². The maximum Gasteiger partial charge on any atom is 0.257 e. The van der Waals surface area contributed by atoms with Crippen LogP contribution in [0.25, 0.3) is 0 Å². The van der Waals surface area contributed by atoms with Gasteiger partial charge in [0, 0.05) is 16.3 Å². The second kappa shape index (κ2) is 10.3. The fourth-order valence-electron chi connectivity index (χ4n) is 2.55. The van der Waals surface area contributed by atoms with E-state index in [4.69, 9.17) is 11.6 Å². The minimum Gasteiger partial charge on any atom is -0.296 e. The van der Waals surface area contributed by atoms with Gasteiger partial charge in [0.25, 0.3) is 5.91 Å². The van der Waals surface area contributed by atoms with Gasteiger partial charge in [0.15, 0.2) is 4.34 Å². The van der Waals surface area contributed by atoms with Crippen molar-refractivity contribution >= 4 is 61.4 Å². The molecule has 7 nitrogen and oxygen atoms in total. The van der Waals surface area contributed by atoms with E-state index in [2.05, 4.69) is 22.1 Å². The number of nitrogens with zero attached hydrogens (tertiary/aromatic N) is 3. The van der Waals surface area contributed by atoms with Gasteiger partial charge in [0.2, 0.25) is 15.2 Å². The number of rotatable bonds is 9. The monoisotopic (exact) mass is 494 g/mol. The third-order valence-corrected chi connectivity index (χ3v) is 7.37. The van der Waals surface area contributed by atoms with Gasteiger partial charge in [-0.05, 0) is 42.0 Å². The Morgan fingerprint density at radius 2 is 1.87 bits per heavy atom. The molecular formula is C20H19ClN4O3S3. The summed E-state index contributed by atoms with van der Waals surface area (Å²) in [6.45, 7) is 3.80. The highest BCUT2D eigenvalue weighted by molar-refractivity contribution is 8.01. The highest BCUT2D eigenvalue weighted by atomic mass is 35.5. The number of carbonyl (C=O) groups excluding carboxylic acids is 1. The summed E-state index contributed by atoms with van der Waals surface area (Å²) >= 11 is 8.65. The van der Waals surface area contributed by atoms with Crippen LogP contribution in [0.3, 0.4) is 0 Å². The normalized spacial score (nSPS) is 11.2. The first-order valence-electron chi connectivity index (χ1n) is 8.97. The second-order valence-electron chi connectivity index (χ2n) is 6.37. The Morgan fingerprint density at radius 1 is 1.19 bits per heavy atom. The van der Waals surface area contributed by atoms with E-state index >= 15 is 0 Å². The molecule has 0 spiro atoms. The van der Waals surface area contributed by atoms with Crippen LogP contribution in [0, 0.1) is 0 Å². The summed E-state index contributed by atoms with van der Waals surface area (Å²) in [5.41, 5.74) is 1.62. The van der Waals surface area contributed by atoms with Crippen molar-refractivity contribution in [1.29, 1.82) is 0 Å². The molecule has 0 fully saturated rings. The van der Waals surface area contributed by atoms with Gasteiger partial charge < -0.3 is 0 Å². The van der Waals surface area contributed by atoms with E-state index in [1.807, 2.05) is 0 Å².